The van der Waals surface area contributed by atoms with Crippen LogP contribution in [0.1, 0.15) is 16.1 Å². The summed E-state index contributed by atoms with van der Waals surface area (Å²) < 4.78 is 13.5. The molecule has 0 radical (unpaired) electrons. The third-order valence-corrected chi connectivity index (χ3v) is 2.66. The van der Waals surface area contributed by atoms with E-state index in [0.29, 0.717) is 16.4 Å². The molecule has 0 aliphatic rings. The minimum absolute atomic E-state index is 0.136. The average Bonchev–Trinajstić information content (AvgIpc) is 2.86. The average molecular weight is 292 g/mol. The molecule has 0 aliphatic carbocycles. The number of amides is 1. The zero-order valence-corrected chi connectivity index (χ0v) is 11.1. The van der Waals surface area contributed by atoms with Gasteiger partial charge in [-0.15, -0.1) is 0 Å². The fraction of sp³-hybridized carbons (Fsp3) is 0.0714. The molecule has 4 N–H and O–H groups in total. The minimum atomic E-state index is -0.466. The molecule has 4 nitrogen and oxygen atoms in total. The Hall–Kier alpha value is -2.29. The topological polar surface area (TPSA) is 70.9 Å². The summed E-state index contributed by atoms with van der Waals surface area (Å²) in [4.78, 5) is 14.6. The second-order valence-electron chi connectivity index (χ2n) is 3.89. The van der Waals surface area contributed by atoms with E-state index in [4.69, 9.17) is 17.3 Å². The highest BCUT2D eigenvalue weighted by molar-refractivity contribution is 6.31. The van der Waals surface area contributed by atoms with Crippen molar-refractivity contribution in [1.82, 2.24) is 4.98 Å². The van der Waals surface area contributed by atoms with Gasteiger partial charge in [-0.2, -0.15) is 0 Å². The van der Waals surface area contributed by atoms with Crippen LogP contribution in [-0.4, -0.2) is 17.4 Å². The zero-order valence-electron chi connectivity index (χ0n) is 10.3. The first-order chi connectivity index (χ1) is 9.60. The second kappa shape index (κ2) is 6.24. The molecule has 0 saturated carbocycles. The minimum Gasteiger partial charge on any atom is -0.356 e. The number of H-pyrrole nitrogens is 1. The first-order valence-corrected chi connectivity index (χ1v) is 6.11. The number of hydrogen-bond donors (Lipinski definition) is 3. The van der Waals surface area contributed by atoms with Crippen LogP contribution in [0.4, 0.5) is 10.1 Å². The number of rotatable bonds is 2. The summed E-state index contributed by atoms with van der Waals surface area (Å²) in [6.07, 6.45) is 1.50. The number of aromatic nitrogens is 1. The number of hydrogen-bond acceptors (Lipinski definition) is 2. The lowest BCUT2D eigenvalue weighted by Crippen LogP contribution is -2.12. The van der Waals surface area contributed by atoms with E-state index in [1.807, 2.05) is 0 Å². The number of carbonyl (C=O) groups is 1. The molecule has 20 heavy (non-hydrogen) atoms. The molecule has 0 spiro atoms. The van der Waals surface area contributed by atoms with E-state index in [1.165, 1.54) is 30.5 Å². The van der Waals surface area contributed by atoms with Crippen molar-refractivity contribution < 1.29 is 9.18 Å². The molecule has 0 bridgehead atoms. The highest BCUT2D eigenvalue weighted by atomic mass is 35.5. The van der Waals surface area contributed by atoms with Crippen molar-refractivity contribution in [1.29, 1.82) is 0 Å². The normalized spacial score (nSPS) is 9.75. The van der Waals surface area contributed by atoms with Gasteiger partial charge >= 0.3 is 0 Å². The summed E-state index contributed by atoms with van der Waals surface area (Å²) in [7, 11) is 0. The smallest absolute Gasteiger partial charge is 0.272 e. The molecule has 102 valence electrons. The van der Waals surface area contributed by atoms with Gasteiger partial charge in [0.05, 0.1) is 17.1 Å². The highest BCUT2D eigenvalue weighted by Gasteiger charge is 2.09. The molecular weight excluding hydrogens is 281 g/mol. The van der Waals surface area contributed by atoms with Crippen LogP contribution in [0, 0.1) is 17.7 Å². The second-order valence-corrected chi connectivity index (χ2v) is 4.32. The molecule has 6 heteroatoms. The van der Waals surface area contributed by atoms with Crippen LogP contribution in [0.2, 0.25) is 5.02 Å². The molecule has 1 aromatic carbocycles. The molecule has 1 heterocycles. The monoisotopic (exact) mass is 291 g/mol. The van der Waals surface area contributed by atoms with Gasteiger partial charge in [-0.25, -0.2) is 4.39 Å². The SMILES string of the molecule is NCC#Cc1cc(NC(=O)c2cc(Cl)c[nH]2)ccc1F. The van der Waals surface area contributed by atoms with Crippen molar-refractivity contribution in [2.75, 3.05) is 11.9 Å². The van der Waals surface area contributed by atoms with Crippen molar-refractivity contribution in [3.8, 4) is 11.8 Å². The first-order valence-electron chi connectivity index (χ1n) is 5.74. The summed E-state index contributed by atoms with van der Waals surface area (Å²) in [5.74, 6) is 4.32. The van der Waals surface area contributed by atoms with E-state index < -0.39 is 5.82 Å². The van der Waals surface area contributed by atoms with Gasteiger partial charge in [-0.05, 0) is 24.3 Å². The van der Waals surface area contributed by atoms with Gasteiger partial charge in [-0.3, -0.25) is 4.79 Å². The predicted molar refractivity (Wildman–Crippen MR) is 76.1 cm³/mol. The predicted octanol–water partition coefficient (Wildman–Crippen LogP) is 2.37. The molecule has 0 saturated heterocycles. The van der Waals surface area contributed by atoms with Gasteiger partial charge in [0.1, 0.15) is 11.5 Å². The Balaban J connectivity index is 2.19. The van der Waals surface area contributed by atoms with Gasteiger partial charge in [-0.1, -0.05) is 23.4 Å². The van der Waals surface area contributed by atoms with Crippen molar-refractivity contribution >= 4 is 23.2 Å². The zero-order chi connectivity index (χ0) is 14.5. The van der Waals surface area contributed by atoms with E-state index in [1.54, 1.807) is 0 Å². The summed E-state index contributed by atoms with van der Waals surface area (Å²) in [6.45, 7) is 0.136. The van der Waals surface area contributed by atoms with Crippen LogP contribution in [0.25, 0.3) is 0 Å². The molecule has 2 rings (SSSR count). The molecule has 0 unspecified atom stereocenters. The van der Waals surface area contributed by atoms with Crippen molar-refractivity contribution in [3.05, 3.63) is 52.6 Å². The number of halogens is 2. The molecule has 0 fully saturated rings. The Labute approximate surface area is 120 Å². The maximum atomic E-state index is 13.5. The van der Waals surface area contributed by atoms with Crippen LogP contribution in [-0.2, 0) is 0 Å². The lowest BCUT2D eigenvalue weighted by atomic mass is 10.2. The summed E-state index contributed by atoms with van der Waals surface area (Å²) in [5.41, 5.74) is 6.17. The van der Waals surface area contributed by atoms with E-state index >= 15 is 0 Å². The number of nitrogens with two attached hydrogens (primary N) is 1. The summed E-state index contributed by atoms with van der Waals surface area (Å²) in [6, 6.07) is 5.62. The third-order valence-electron chi connectivity index (χ3n) is 2.44. The maximum Gasteiger partial charge on any atom is 0.272 e. The molecule has 0 atom stereocenters. The standard InChI is InChI=1S/C14H11ClFN3O/c15-10-7-13(18-8-10)14(20)19-11-3-4-12(16)9(6-11)2-1-5-17/h3-4,6-8,18H,5,17H2,(H,19,20). The number of carbonyl (C=O) groups excluding carboxylic acids is 1. The maximum absolute atomic E-state index is 13.5. The molecule has 1 amide bonds. The van der Waals surface area contributed by atoms with Crippen molar-refractivity contribution in [2.24, 2.45) is 5.73 Å². The van der Waals surface area contributed by atoms with Crippen LogP contribution < -0.4 is 11.1 Å². The van der Waals surface area contributed by atoms with Gasteiger partial charge in [0.15, 0.2) is 0 Å². The fourth-order valence-electron chi connectivity index (χ4n) is 1.54. The van der Waals surface area contributed by atoms with Crippen LogP contribution in [0.5, 0.6) is 0 Å². The fourth-order valence-corrected chi connectivity index (χ4v) is 1.71. The summed E-state index contributed by atoms with van der Waals surface area (Å²) in [5, 5.41) is 3.06. The van der Waals surface area contributed by atoms with Gasteiger partial charge < -0.3 is 16.0 Å². The molecule has 1 aromatic heterocycles. The largest absolute Gasteiger partial charge is 0.356 e. The van der Waals surface area contributed by atoms with Gasteiger partial charge in [0.2, 0.25) is 0 Å². The van der Waals surface area contributed by atoms with Gasteiger partial charge in [0, 0.05) is 11.9 Å². The Morgan fingerprint density at radius 3 is 2.90 bits per heavy atom. The number of benzene rings is 1. The van der Waals surface area contributed by atoms with E-state index in [-0.39, 0.29) is 18.0 Å². The number of anilines is 1. The molecule has 0 aliphatic heterocycles. The highest BCUT2D eigenvalue weighted by Crippen LogP contribution is 2.16. The number of aromatic amines is 1. The molecule has 2 aromatic rings. The Kier molecular flexibility index (Phi) is 4.41. The van der Waals surface area contributed by atoms with Crippen molar-refractivity contribution in [3.63, 3.8) is 0 Å². The van der Waals surface area contributed by atoms with E-state index in [0.717, 1.165) is 0 Å². The van der Waals surface area contributed by atoms with E-state index in [2.05, 4.69) is 22.1 Å². The quantitative estimate of drug-likeness (QED) is 0.743. The Bertz CT molecular complexity index is 700. The van der Waals surface area contributed by atoms with Crippen LogP contribution in [0.3, 0.4) is 0 Å². The van der Waals surface area contributed by atoms with E-state index in [9.17, 15) is 9.18 Å². The third kappa shape index (κ3) is 3.38. The Morgan fingerprint density at radius 2 is 2.25 bits per heavy atom. The molecular formula is C14H11ClFN3O. The first kappa shape index (κ1) is 14.1. The lowest BCUT2D eigenvalue weighted by molar-refractivity contribution is 0.102. The van der Waals surface area contributed by atoms with Crippen LogP contribution in [0.15, 0.2) is 30.5 Å². The van der Waals surface area contributed by atoms with Crippen LogP contribution >= 0.6 is 11.6 Å². The lowest BCUT2D eigenvalue weighted by Gasteiger charge is -2.05. The number of nitrogens with one attached hydrogen (secondary N) is 2. The van der Waals surface area contributed by atoms with Crippen molar-refractivity contribution in [2.45, 2.75) is 0 Å². The van der Waals surface area contributed by atoms with Gasteiger partial charge in [0.25, 0.3) is 5.91 Å². The Morgan fingerprint density at radius 1 is 1.45 bits per heavy atom. The summed E-state index contributed by atoms with van der Waals surface area (Å²) >= 11 is 5.72.